The van der Waals surface area contributed by atoms with Crippen molar-refractivity contribution in [2.45, 2.75) is 6.10 Å². The Morgan fingerprint density at radius 3 is 2.47 bits per heavy atom. The van der Waals surface area contributed by atoms with E-state index in [9.17, 15) is 4.79 Å². The van der Waals surface area contributed by atoms with E-state index in [0.29, 0.717) is 5.02 Å². The summed E-state index contributed by atoms with van der Waals surface area (Å²) in [6.45, 7) is 0. The molecule has 1 aromatic carbocycles. The zero-order valence-corrected chi connectivity index (χ0v) is 9.64. The monoisotopic (exact) mass is 271 g/mol. The van der Waals surface area contributed by atoms with Gasteiger partial charge in [-0.05, 0) is 12.1 Å². The standard InChI is InChI=1S/C8H7Cl2NO3.ClH/c9-4-1-2-5(6(10)3-4)7(14-11)8(12)13;/h1-3,7H,11H2,(H,12,13);1H. The number of rotatable bonds is 3. The predicted octanol–water partition coefficient (Wildman–Crippen LogP) is 2.43. The van der Waals surface area contributed by atoms with E-state index in [1.807, 2.05) is 0 Å². The molecule has 0 aliphatic heterocycles. The van der Waals surface area contributed by atoms with Crippen molar-refractivity contribution in [2.75, 3.05) is 0 Å². The van der Waals surface area contributed by atoms with Crippen molar-refractivity contribution >= 4 is 41.6 Å². The van der Waals surface area contributed by atoms with Crippen LogP contribution in [-0.2, 0) is 9.63 Å². The highest BCUT2D eigenvalue weighted by Crippen LogP contribution is 2.27. The molecule has 0 radical (unpaired) electrons. The Morgan fingerprint density at radius 1 is 1.47 bits per heavy atom. The number of carboxylic acids is 1. The molecule has 1 aromatic rings. The highest BCUT2D eigenvalue weighted by atomic mass is 35.5. The van der Waals surface area contributed by atoms with Crippen LogP contribution >= 0.6 is 35.6 Å². The van der Waals surface area contributed by atoms with Crippen molar-refractivity contribution in [1.29, 1.82) is 0 Å². The van der Waals surface area contributed by atoms with Crippen LogP contribution in [0.2, 0.25) is 10.0 Å². The van der Waals surface area contributed by atoms with Crippen molar-refractivity contribution < 1.29 is 14.7 Å². The van der Waals surface area contributed by atoms with Gasteiger partial charge in [-0.3, -0.25) is 4.84 Å². The fraction of sp³-hybridized carbons (Fsp3) is 0.125. The summed E-state index contributed by atoms with van der Waals surface area (Å²) in [5.74, 6) is 3.63. The summed E-state index contributed by atoms with van der Waals surface area (Å²) < 4.78 is 0. The molecular formula is C8H8Cl3NO3. The molecule has 0 aliphatic rings. The molecule has 1 rings (SSSR count). The minimum Gasteiger partial charge on any atom is -0.479 e. The van der Waals surface area contributed by atoms with Crippen LogP contribution in [-0.4, -0.2) is 11.1 Å². The lowest BCUT2D eigenvalue weighted by atomic mass is 10.1. The molecule has 1 atom stereocenters. The molecule has 0 spiro atoms. The largest absolute Gasteiger partial charge is 0.479 e. The molecule has 3 N–H and O–H groups in total. The van der Waals surface area contributed by atoms with Gasteiger partial charge in [-0.15, -0.1) is 12.4 Å². The Labute approximate surface area is 102 Å². The van der Waals surface area contributed by atoms with E-state index in [4.69, 9.17) is 34.2 Å². The zero-order valence-electron chi connectivity index (χ0n) is 7.31. The molecule has 1 unspecified atom stereocenters. The van der Waals surface area contributed by atoms with Crippen molar-refractivity contribution in [3.8, 4) is 0 Å². The van der Waals surface area contributed by atoms with Gasteiger partial charge in [0, 0.05) is 15.6 Å². The maximum Gasteiger partial charge on any atom is 0.339 e. The summed E-state index contributed by atoms with van der Waals surface area (Å²) >= 11 is 11.4. The first-order valence-electron chi connectivity index (χ1n) is 3.59. The highest BCUT2D eigenvalue weighted by Gasteiger charge is 2.22. The summed E-state index contributed by atoms with van der Waals surface area (Å²) in [5.41, 5.74) is 0.270. The number of aliphatic carboxylic acids is 1. The number of halogens is 3. The summed E-state index contributed by atoms with van der Waals surface area (Å²) in [6.07, 6.45) is -1.28. The smallest absolute Gasteiger partial charge is 0.339 e. The van der Waals surface area contributed by atoms with Crippen LogP contribution in [0.15, 0.2) is 18.2 Å². The molecule has 15 heavy (non-hydrogen) atoms. The number of hydrogen-bond donors (Lipinski definition) is 2. The molecule has 0 fully saturated rings. The topological polar surface area (TPSA) is 72.5 Å². The van der Waals surface area contributed by atoms with Crippen molar-refractivity contribution in [2.24, 2.45) is 5.90 Å². The van der Waals surface area contributed by atoms with Crippen LogP contribution in [0.5, 0.6) is 0 Å². The lowest BCUT2D eigenvalue weighted by Gasteiger charge is -2.11. The Bertz CT molecular complexity index is 359. The van der Waals surface area contributed by atoms with E-state index in [0.717, 1.165) is 0 Å². The first-order valence-corrected chi connectivity index (χ1v) is 4.35. The van der Waals surface area contributed by atoms with Crippen molar-refractivity contribution in [3.63, 3.8) is 0 Å². The van der Waals surface area contributed by atoms with Gasteiger partial charge in [0.15, 0.2) is 0 Å². The molecule has 0 bridgehead atoms. The molecule has 0 aromatic heterocycles. The van der Waals surface area contributed by atoms with Crippen LogP contribution in [0.25, 0.3) is 0 Å². The van der Waals surface area contributed by atoms with Gasteiger partial charge in [0.1, 0.15) is 0 Å². The quantitative estimate of drug-likeness (QED) is 0.829. The van der Waals surface area contributed by atoms with Crippen LogP contribution < -0.4 is 5.90 Å². The second-order valence-electron chi connectivity index (χ2n) is 2.52. The van der Waals surface area contributed by atoms with Crippen LogP contribution in [0.4, 0.5) is 0 Å². The van der Waals surface area contributed by atoms with Crippen molar-refractivity contribution in [1.82, 2.24) is 0 Å². The third kappa shape index (κ3) is 3.52. The Balaban J connectivity index is 0.00000196. The zero-order chi connectivity index (χ0) is 10.7. The predicted molar refractivity (Wildman–Crippen MR) is 59.4 cm³/mol. The van der Waals surface area contributed by atoms with Gasteiger partial charge in [-0.25, -0.2) is 10.7 Å². The molecule has 0 saturated heterocycles. The van der Waals surface area contributed by atoms with E-state index in [1.165, 1.54) is 18.2 Å². The molecule has 7 heteroatoms. The first kappa shape index (κ1) is 14.5. The minimum absolute atomic E-state index is 0. The van der Waals surface area contributed by atoms with Gasteiger partial charge >= 0.3 is 5.97 Å². The third-order valence-corrected chi connectivity index (χ3v) is 2.17. The van der Waals surface area contributed by atoms with Crippen LogP contribution in [0.3, 0.4) is 0 Å². The second kappa shape index (κ2) is 6.15. The highest BCUT2D eigenvalue weighted by molar-refractivity contribution is 6.35. The van der Waals surface area contributed by atoms with Gasteiger partial charge in [-0.2, -0.15) is 0 Å². The molecule has 0 aliphatic carbocycles. The molecule has 0 amide bonds. The van der Waals surface area contributed by atoms with Crippen LogP contribution in [0, 0.1) is 0 Å². The SMILES string of the molecule is Cl.NOC(C(=O)O)c1ccc(Cl)cc1Cl. The average Bonchev–Trinajstić information content (AvgIpc) is 2.09. The fourth-order valence-corrected chi connectivity index (χ4v) is 1.49. The third-order valence-electron chi connectivity index (χ3n) is 1.61. The molecule has 0 saturated carbocycles. The lowest BCUT2D eigenvalue weighted by molar-refractivity contribution is -0.151. The van der Waals surface area contributed by atoms with E-state index in [1.54, 1.807) is 0 Å². The molecular weight excluding hydrogens is 264 g/mol. The van der Waals surface area contributed by atoms with Crippen LogP contribution in [0.1, 0.15) is 11.7 Å². The average molecular weight is 273 g/mol. The summed E-state index contributed by atoms with van der Waals surface area (Å²) in [7, 11) is 0. The molecule has 0 heterocycles. The second-order valence-corrected chi connectivity index (χ2v) is 3.36. The number of hydrogen-bond acceptors (Lipinski definition) is 3. The minimum atomic E-state index is -1.28. The van der Waals surface area contributed by atoms with Gasteiger partial charge < -0.3 is 5.11 Å². The van der Waals surface area contributed by atoms with Gasteiger partial charge in [0.05, 0.1) is 0 Å². The Morgan fingerprint density at radius 2 is 2.07 bits per heavy atom. The number of carbonyl (C=O) groups is 1. The van der Waals surface area contributed by atoms with Gasteiger partial charge in [0.25, 0.3) is 0 Å². The maximum absolute atomic E-state index is 10.7. The number of carboxylic acid groups (broad SMARTS) is 1. The molecule has 4 nitrogen and oxygen atoms in total. The molecule has 84 valence electrons. The normalized spacial score (nSPS) is 11.7. The number of benzene rings is 1. The van der Waals surface area contributed by atoms with E-state index >= 15 is 0 Å². The summed E-state index contributed by atoms with van der Waals surface area (Å²) in [6, 6.07) is 4.39. The fourth-order valence-electron chi connectivity index (χ4n) is 0.979. The lowest BCUT2D eigenvalue weighted by Crippen LogP contribution is -2.18. The van der Waals surface area contributed by atoms with E-state index < -0.39 is 12.1 Å². The summed E-state index contributed by atoms with van der Waals surface area (Å²) in [4.78, 5) is 15.0. The van der Waals surface area contributed by atoms with Gasteiger partial charge in [-0.1, -0.05) is 29.3 Å². The Hall–Kier alpha value is -0.520. The van der Waals surface area contributed by atoms with Gasteiger partial charge in [0.2, 0.25) is 6.10 Å². The van der Waals surface area contributed by atoms with Crippen molar-refractivity contribution in [3.05, 3.63) is 33.8 Å². The summed E-state index contributed by atoms with van der Waals surface area (Å²) in [5, 5.41) is 9.34. The number of nitrogens with two attached hydrogens (primary N) is 1. The Kier molecular flexibility index (Phi) is 5.93. The maximum atomic E-state index is 10.7. The van der Waals surface area contributed by atoms with E-state index in [2.05, 4.69) is 4.84 Å². The van der Waals surface area contributed by atoms with E-state index in [-0.39, 0.29) is 23.0 Å². The first-order chi connectivity index (χ1) is 6.56.